The topological polar surface area (TPSA) is 114 Å². The van der Waals surface area contributed by atoms with Gasteiger partial charge in [0, 0.05) is 17.2 Å². The molecule has 2 aromatic rings. The highest BCUT2D eigenvalue weighted by Gasteiger charge is 2.33. The number of nitrogens with zero attached hydrogens (tertiary/aromatic N) is 3. The number of anilines is 1. The monoisotopic (exact) mass is 468 g/mol. The number of nitrogen functional groups attached to an aromatic ring is 1. The SMILES string of the molecule is N#Cc1c(N)nc(SCC2COC2)c(C#N)c1-c1ccc(OC(F)(F)COC(F)F)cc1. The first-order valence-electron chi connectivity index (χ1n) is 9.15. The van der Waals surface area contributed by atoms with Crippen LogP contribution in [0.15, 0.2) is 29.3 Å². The lowest BCUT2D eigenvalue weighted by atomic mass is 9.97. The molecule has 0 spiro atoms. The molecule has 1 saturated heterocycles. The average molecular weight is 468 g/mol. The third-order valence-electron chi connectivity index (χ3n) is 4.37. The highest BCUT2D eigenvalue weighted by molar-refractivity contribution is 7.99. The zero-order valence-corrected chi connectivity index (χ0v) is 17.2. The number of hydrogen-bond donors (Lipinski definition) is 1. The lowest BCUT2D eigenvalue weighted by molar-refractivity contribution is -0.251. The molecule has 2 heterocycles. The Kier molecular flexibility index (Phi) is 7.40. The minimum absolute atomic E-state index is 0.0257. The van der Waals surface area contributed by atoms with Crippen LogP contribution in [0.2, 0.25) is 0 Å². The summed E-state index contributed by atoms with van der Waals surface area (Å²) in [5.74, 6) is 0.579. The van der Waals surface area contributed by atoms with E-state index in [1.54, 1.807) is 0 Å². The minimum atomic E-state index is -3.98. The van der Waals surface area contributed by atoms with Gasteiger partial charge in [-0.05, 0) is 17.7 Å². The molecule has 1 aliphatic heterocycles. The van der Waals surface area contributed by atoms with Crippen molar-refractivity contribution in [3.63, 3.8) is 0 Å². The number of ether oxygens (including phenoxy) is 3. The van der Waals surface area contributed by atoms with Crippen LogP contribution in [0, 0.1) is 28.6 Å². The van der Waals surface area contributed by atoms with E-state index >= 15 is 0 Å². The summed E-state index contributed by atoms with van der Waals surface area (Å²) in [5.41, 5.74) is 6.61. The summed E-state index contributed by atoms with van der Waals surface area (Å²) in [4.78, 5) is 4.19. The van der Waals surface area contributed by atoms with Gasteiger partial charge < -0.3 is 19.9 Å². The predicted molar refractivity (Wildman–Crippen MR) is 106 cm³/mol. The molecule has 1 aliphatic rings. The number of alkyl halides is 4. The van der Waals surface area contributed by atoms with Gasteiger partial charge in [-0.15, -0.1) is 11.8 Å². The maximum absolute atomic E-state index is 13.6. The molecule has 0 amide bonds. The quantitative estimate of drug-likeness (QED) is 0.434. The molecule has 0 saturated carbocycles. The van der Waals surface area contributed by atoms with Crippen LogP contribution in [0.25, 0.3) is 11.1 Å². The Bertz CT molecular complexity index is 1050. The number of nitriles is 2. The Morgan fingerprint density at radius 3 is 2.38 bits per heavy atom. The highest BCUT2D eigenvalue weighted by atomic mass is 32.2. The van der Waals surface area contributed by atoms with Gasteiger partial charge in [0.1, 0.15) is 34.3 Å². The number of thioether (sulfide) groups is 1. The first kappa shape index (κ1) is 23.6. The zero-order chi connectivity index (χ0) is 23.3. The Morgan fingerprint density at radius 2 is 1.84 bits per heavy atom. The molecule has 0 atom stereocenters. The summed E-state index contributed by atoms with van der Waals surface area (Å²) in [5, 5.41) is 19.6. The van der Waals surface area contributed by atoms with E-state index in [0.29, 0.717) is 35.5 Å². The number of pyridine rings is 1. The van der Waals surface area contributed by atoms with Crippen molar-refractivity contribution in [2.75, 3.05) is 31.3 Å². The summed E-state index contributed by atoms with van der Waals surface area (Å²) in [6.07, 6.45) is -3.98. The number of hydrogen-bond acceptors (Lipinski definition) is 8. The molecular weight excluding hydrogens is 452 g/mol. The van der Waals surface area contributed by atoms with Crippen LogP contribution in [0.5, 0.6) is 5.75 Å². The molecule has 7 nitrogen and oxygen atoms in total. The molecule has 0 aliphatic carbocycles. The van der Waals surface area contributed by atoms with Gasteiger partial charge in [-0.3, -0.25) is 0 Å². The lowest BCUT2D eigenvalue weighted by Crippen LogP contribution is -2.31. The van der Waals surface area contributed by atoms with Crippen molar-refractivity contribution < 1.29 is 31.8 Å². The number of nitrogens with two attached hydrogens (primary N) is 1. The Balaban J connectivity index is 1.89. The number of aromatic nitrogens is 1. The molecule has 3 rings (SSSR count). The summed E-state index contributed by atoms with van der Waals surface area (Å²) in [6.45, 7) is -3.76. The summed E-state index contributed by atoms with van der Waals surface area (Å²) in [7, 11) is 0. The van der Waals surface area contributed by atoms with Crippen molar-refractivity contribution in [3.8, 4) is 29.0 Å². The van der Waals surface area contributed by atoms with Crippen molar-refractivity contribution in [2.45, 2.75) is 17.7 Å². The van der Waals surface area contributed by atoms with E-state index in [1.165, 1.54) is 23.9 Å². The molecule has 0 unspecified atom stereocenters. The van der Waals surface area contributed by atoms with Crippen molar-refractivity contribution in [3.05, 3.63) is 35.4 Å². The van der Waals surface area contributed by atoms with Gasteiger partial charge in [-0.25, -0.2) is 4.98 Å². The predicted octanol–water partition coefficient (Wildman–Crippen LogP) is 4.02. The first-order chi connectivity index (χ1) is 15.2. The van der Waals surface area contributed by atoms with Crippen molar-refractivity contribution in [1.82, 2.24) is 4.98 Å². The largest absolute Gasteiger partial charge is 0.431 e. The summed E-state index contributed by atoms with van der Waals surface area (Å²) in [6, 6.07) is 8.98. The smallest absolute Gasteiger partial charge is 0.422 e. The van der Waals surface area contributed by atoms with Gasteiger partial charge in [0.25, 0.3) is 0 Å². The molecule has 168 valence electrons. The van der Waals surface area contributed by atoms with E-state index in [9.17, 15) is 28.1 Å². The second-order valence-electron chi connectivity index (χ2n) is 6.70. The Hall–Kier alpha value is -3.06. The van der Waals surface area contributed by atoms with Crippen LogP contribution in [0.3, 0.4) is 0 Å². The number of rotatable bonds is 9. The highest BCUT2D eigenvalue weighted by Crippen LogP contribution is 2.37. The fourth-order valence-corrected chi connectivity index (χ4v) is 3.86. The Labute approximate surface area is 184 Å². The second-order valence-corrected chi connectivity index (χ2v) is 7.71. The fourth-order valence-electron chi connectivity index (χ4n) is 2.82. The molecule has 2 N–H and O–H groups in total. The van der Waals surface area contributed by atoms with Crippen LogP contribution < -0.4 is 10.5 Å². The molecule has 1 aromatic carbocycles. The molecule has 0 bridgehead atoms. The van der Waals surface area contributed by atoms with Crippen LogP contribution in [0.1, 0.15) is 11.1 Å². The molecule has 12 heteroatoms. The van der Waals surface area contributed by atoms with Gasteiger partial charge in [0.05, 0.1) is 18.8 Å². The van der Waals surface area contributed by atoms with Gasteiger partial charge in [0.15, 0.2) is 6.61 Å². The molecule has 32 heavy (non-hydrogen) atoms. The van der Waals surface area contributed by atoms with E-state index in [0.717, 1.165) is 12.1 Å². The van der Waals surface area contributed by atoms with E-state index in [1.807, 2.05) is 12.1 Å². The normalized spacial score (nSPS) is 14.0. The van der Waals surface area contributed by atoms with Crippen molar-refractivity contribution in [1.29, 1.82) is 10.5 Å². The average Bonchev–Trinajstić information content (AvgIpc) is 2.71. The van der Waals surface area contributed by atoms with Crippen molar-refractivity contribution in [2.24, 2.45) is 5.92 Å². The van der Waals surface area contributed by atoms with E-state index in [4.69, 9.17) is 10.5 Å². The van der Waals surface area contributed by atoms with Gasteiger partial charge in [-0.2, -0.15) is 28.1 Å². The maximum atomic E-state index is 13.6. The van der Waals surface area contributed by atoms with Crippen LogP contribution in [-0.4, -0.2) is 43.3 Å². The fraction of sp³-hybridized carbons (Fsp3) is 0.350. The first-order valence-corrected chi connectivity index (χ1v) is 10.1. The van der Waals surface area contributed by atoms with Crippen LogP contribution in [-0.2, 0) is 9.47 Å². The lowest BCUT2D eigenvalue weighted by Gasteiger charge is -2.25. The second kappa shape index (κ2) is 10.0. The molecule has 1 fully saturated rings. The number of halogens is 4. The van der Waals surface area contributed by atoms with Crippen LogP contribution in [0.4, 0.5) is 23.4 Å². The van der Waals surface area contributed by atoms with E-state index in [-0.39, 0.29) is 28.3 Å². The molecular formula is C20H16F4N4O3S. The third kappa shape index (κ3) is 5.59. The van der Waals surface area contributed by atoms with Gasteiger partial charge in [0.2, 0.25) is 0 Å². The summed E-state index contributed by atoms with van der Waals surface area (Å²) >= 11 is 1.31. The van der Waals surface area contributed by atoms with Crippen molar-refractivity contribution >= 4 is 17.6 Å². The zero-order valence-electron chi connectivity index (χ0n) is 16.4. The van der Waals surface area contributed by atoms with E-state index < -0.39 is 19.3 Å². The van der Waals surface area contributed by atoms with Crippen LogP contribution >= 0.6 is 11.8 Å². The molecule has 1 aromatic heterocycles. The minimum Gasteiger partial charge on any atom is -0.431 e. The Morgan fingerprint density at radius 1 is 1.19 bits per heavy atom. The number of benzene rings is 1. The van der Waals surface area contributed by atoms with E-state index in [2.05, 4.69) is 14.5 Å². The summed E-state index contributed by atoms with van der Waals surface area (Å²) < 4.78 is 64.4. The maximum Gasteiger partial charge on any atom is 0.422 e. The molecule has 0 radical (unpaired) electrons. The standard InChI is InChI=1S/C20H16F4N4O3S/c21-19(22)30-10-20(23,24)31-13-3-1-12(2-4-13)16-14(5-25)17(27)28-18(15(16)6-26)32-9-11-7-29-8-11/h1-4,11,19H,7-10H2,(H2,27,28). The van der Waals surface area contributed by atoms with Gasteiger partial charge >= 0.3 is 12.7 Å². The van der Waals surface area contributed by atoms with Gasteiger partial charge in [-0.1, -0.05) is 12.1 Å². The third-order valence-corrected chi connectivity index (χ3v) is 5.57.